The second kappa shape index (κ2) is 6.00. The molecule has 0 bridgehead atoms. The van der Waals surface area contributed by atoms with Crippen molar-refractivity contribution in [2.45, 2.75) is 39.7 Å². The van der Waals surface area contributed by atoms with Crippen molar-refractivity contribution in [3.05, 3.63) is 0 Å². The Bertz CT molecular complexity index is 130. The van der Waals surface area contributed by atoms with Gasteiger partial charge < -0.3 is 9.84 Å². The lowest BCUT2D eigenvalue weighted by Crippen LogP contribution is -2.19. The normalized spacial score (nSPS) is 13.1. The van der Waals surface area contributed by atoms with E-state index >= 15 is 0 Å². The molecule has 12 heavy (non-hydrogen) atoms. The summed E-state index contributed by atoms with van der Waals surface area (Å²) in [4.78, 5) is 10.7. The van der Waals surface area contributed by atoms with E-state index in [2.05, 4.69) is 13.8 Å². The second-order valence-electron chi connectivity index (χ2n) is 3.38. The van der Waals surface area contributed by atoms with Crippen LogP contribution >= 0.6 is 0 Å². The fourth-order valence-corrected chi connectivity index (χ4v) is 0.785. The molecule has 0 aliphatic carbocycles. The average molecular weight is 174 g/mol. The summed E-state index contributed by atoms with van der Waals surface area (Å²) in [5.41, 5.74) is 0. The van der Waals surface area contributed by atoms with E-state index in [-0.39, 0.29) is 0 Å². The second-order valence-corrected chi connectivity index (χ2v) is 3.38. The minimum Gasteiger partial charge on any atom is -0.464 e. The quantitative estimate of drug-likeness (QED) is 0.505. The monoisotopic (exact) mass is 174 g/mol. The van der Waals surface area contributed by atoms with E-state index in [4.69, 9.17) is 9.84 Å². The van der Waals surface area contributed by atoms with Crippen molar-refractivity contribution >= 4 is 5.97 Å². The van der Waals surface area contributed by atoms with Gasteiger partial charge >= 0.3 is 5.97 Å². The molecule has 0 saturated heterocycles. The van der Waals surface area contributed by atoms with E-state index < -0.39 is 12.1 Å². The maximum Gasteiger partial charge on any atom is 0.334 e. The number of hydrogen-bond acceptors (Lipinski definition) is 3. The molecule has 3 heteroatoms. The molecule has 1 N–H and O–H groups in total. The van der Waals surface area contributed by atoms with Crippen LogP contribution in [0.3, 0.4) is 0 Å². The summed E-state index contributed by atoms with van der Waals surface area (Å²) in [6, 6.07) is 0. The van der Waals surface area contributed by atoms with E-state index in [9.17, 15) is 4.79 Å². The Balaban J connectivity index is 3.26. The summed E-state index contributed by atoms with van der Waals surface area (Å²) in [6.45, 7) is 6.07. The predicted molar refractivity (Wildman–Crippen MR) is 46.7 cm³/mol. The van der Waals surface area contributed by atoms with Gasteiger partial charge in [-0.15, -0.1) is 0 Å². The molecule has 0 spiro atoms. The lowest BCUT2D eigenvalue weighted by Gasteiger charge is -2.07. The van der Waals surface area contributed by atoms with Crippen LogP contribution in [0, 0.1) is 5.92 Å². The van der Waals surface area contributed by atoms with Crippen LogP contribution < -0.4 is 0 Å². The third kappa shape index (κ3) is 6.16. The van der Waals surface area contributed by atoms with E-state index in [0.29, 0.717) is 12.5 Å². The van der Waals surface area contributed by atoms with Gasteiger partial charge in [0.25, 0.3) is 0 Å². The van der Waals surface area contributed by atoms with Gasteiger partial charge in [0.15, 0.2) is 0 Å². The van der Waals surface area contributed by atoms with Gasteiger partial charge in [-0.2, -0.15) is 0 Å². The molecule has 1 atom stereocenters. The minimum absolute atomic E-state index is 0.419. The van der Waals surface area contributed by atoms with Crippen molar-refractivity contribution in [3.63, 3.8) is 0 Å². The van der Waals surface area contributed by atoms with Crippen LogP contribution in [-0.2, 0) is 9.53 Å². The number of esters is 1. The highest BCUT2D eigenvalue weighted by molar-refractivity contribution is 5.73. The highest BCUT2D eigenvalue weighted by atomic mass is 16.5. The summed E-state index contributed by atoms with van der Waals surface area (Å²) in [5.74, 6) is 0.106. The Kier molecular flexibility index (Phi) is 5.72. The number of aliphatic hydroxyl groups is 1. The average Bonchev–Trinajstić information content (AvgIpc) is 1.97. The van der Waals surface area contributed by atoms with Crippen molar-refractivity contribution in [3.8, 4) is 0 Å². The lowest BCUT2D eigenvalue weighted by atomic mass is 10.1. The summed E-state index contributed by atoms with van der Waals surface area (Å²) in [5, 5.41) is 8.75. The van der Waals surface area contributed by atoms with Crippen molar-refractivity contribution < 1.29 is 14.6 Å². The van der Waals surface area contributed by atoms with Crippen molar-refractivity contribution in [1.29, 1.82) is 0 Å². The molecule has 0 amide bonds. The molecule has 0 heterocycles. The van der Waals surface area contributed by atoms with Gasteiger partial charge in [0.2, 0.25) is 0 Å². The molecule has 0 aromatic carbocycles. The van der Waals surface area contributed by atoms with Gasteiger partial charge in [0.05, 0.1) is 6.61 Å². The van der Waals surface area contributed by atoms with Gasteiger partial charge in [-0.05, 0) is 25.7 Å². The molecule has 0 aliphatic rings. The molecular weight excluding hydrogens is 156 g/mol. The van der Waals surface area contributed by atoms with Gasteiger partial charge in [-0.3, -0.25) is 0 Å². The van der Waals surface area contributed by atoms with Gasteiger partial charge in [0.1, 0.15) is 6.10 Å². The third-order valence-corrected chi connectivity index (χ3v) is 1.51. The molecule has 0 fully saturated rings. The zero-order chi connectivity index (χ0) is 9.56. The molecule has 0 saturated carbocycles. The number of carbonyl (C=O) groups is 1. The largest absolute Gasteiger partial charge is 0.464 e. The maximum atomic E-state index is 10.7. The lowest BCUT2D eigenvalue weighted by molar-refractivity contribution is -0.152. The molecule has 1 unspecified atom stereocenters. The van der Waals surface area contributed by atoms with Gasteiger partial charge in [-0.25, -0.2) is 4.79 Å². The number of hydrogen-bond donors (Lipinski definition) is 1. The van der Waals surface area contributed by atoms with Crippen LogP contribution in [0.2, 0.25) is 0 Å². The zero-order valence-corrected chi connectivity index (χ0v) is 8.04. The minimum atomic E-state index is -0.996. The Labute approximate surface area is 73.7 Å². The molecular formula is C9H18O3. The summed E-state index contributed by atoms with van der Waals surface area (Å²) < 4.78 is 4.76. The first-order chi connectivity index (χ1) is 5.54. The third-order valence-electron chi connectivity index (χ3n) is 1.51. The maximum absolute atomic E-state index is 10.7. The number of ether oxygens (including phenoxy) is 1. The predicted octanol–water partition coefficient (Wildman–Crippen LogP) is 1.35. The van der Waals surface area contributed by atoms with Crippen LogP contribution in [0.1, 0.15) is 33.6 Å². The first-order valence-electron chi connectivity index (χ1n) is 4.38. The Morgan fingerprint density at radius 2 is 2.00 bits per heavy atom. The molecule has 0 aliphatic heterocycles. The highest BCUT2D eigenvalue weighted by Gasteiger charge is 2.08. The van der Waals surface area contributed by atoms with Crippen LogP contribution in [0.5, 0.6) is 0 Å². The Hall–Kier alpha value is -0.570. The first-order valence-corrected chi connectivity index (χ1v) is 4.38. The Morgan fingerprint density at radius 3 is 2.42 bits per heavy atom. The van der Waals surface area contributed by atoms with Crippen molar-refractivity contribution in [2.75, 3.05) is 6.61 Å². The van der Waals surface area contributed by atoms with E-state index in [1.54, 1.807) is 0 Å². The molecule has 3 nitrogen and oxygen atoms in total. The number of carbonyl (C=O) groups excluding carboxylic acids is 1. The summed E-state index contributed by atoms with van der Waals surface area (Å²) in [6.07, 6.45) is 0.924. The van der Waals surface area contributed by atoms with Crippen LogP contribution in [0.25, 0.3) is 0 Å². The summed E-state index contributed by atoms with van der Waals surface area (Å²) in [7, 11) is 0. The molecule has 0 aromatic heterocycles. The molecule has 0 radical (unpaired) electrons. The van der Waals surface area contributed by atoms with E-state index in [0.717, 1.165) is 12.8 Å². The van der Waals surface area contributed by atoms with Crippen LogP contribution in [0.15, 0.2) is 0 Å². The number of rotatable bonds is 5. The highest BCUT2D eigenvalue weighted by Crippen LogP contribution is 2.03. The van der Waals surface area contributed by atoms with E-state index in [1.807, 2.05) is 0 Å². The SMILES string of the molecule is CC(C)CCCOC(=O)C(C)O. The summed E-state index contributed by atoms with van der Waals surface area (Å²) >= 11 is 0. The van der Waals surface area contributed by atoms with Crippen LogP contribution in [-0.4, -0.2) is 23.8 Å². The van der Waals surface area contributed by atoms with Crippen molar-refractivity contribution in [1.82, 2.24) is 0 Å². The Morgan fingerprint density at radius 1 is 1.42 bits per heavy atom. The standard InChI is InChI=1S/C9H18O3/c1-7(2)5-4-6-12-9(11)8(3)10/h7-8,10H,4-6H2,1-3H3. The first kappa shape index (κ1) is 11.4. The fraction of sp³-hybridized carbons (Fsp3) is 0.889. The molecule has 0 aromatic rings. The zero-order valence-electron chi connectivity index (χ0n) is 8.04. The van der Waals surface area contributed by atoms with Gasteiger partial charge in [0, 0.05) is 0 Å². The van der Waals surface area contributed by atoms with Gasteiger partial charge in [-0.1, -0.05) is 13.8 Å². The van der Waals surface area contributed by atoms with Crippen molar-refractivity contribution in [2.24, 2.45) is 5.92 Å². The molecule has 72 valence electrons. The number of aliphatic hydroxyl groups excluding tert-OH is 1. The molecule has 0 rings (SSSR count). The van der Waals surface area contributed by atoms with E-state index in [1.165, 1.54) is 6.92 Å². The van der Waals surface area contributed by atoms with Crippen LogP contribution in [0.4, 0.5) is 0 Å². The topological polar surface area (TPSA) is 46.5 Å². The smallest absolute Gasteiger partial charge is 0.334 e. The fourth-order valence-electron chi connectivity index (χ4n) is 0.785.